The highest BCUT2D eigenvalue weighted by molar-refractivity contribution is 8.00. The third-order valence-electron chi connectivity index (χ3n) is 3.86. The Labute approximate surface area is 156 Å². The average Bonchev–Trinajstić information content (AvgIpc) is 2.61. The second kappa shape index (κ2) is 8.38. The second-order valence-corrected chi connectivity index (χ2v) is 7.10. The Bertz CT molecular complexity index is 832. The Hall–Kier alpha value is -2.31. The molecule has 0 bridgehead atoms. The molecule has 0 aliphatic carbocycles. The molecule has 0 saturated carbocycles. The molecule has 5 nitrogen and oxygen atoms in total. The van der Waals surface area contributed by atoms with Crippen LogP contribution in [0, 0.1) is 0 Å². The normalized spacial score (nSPS) is 22.2. The molecule has 0 aromatic heterocycles. The standard InChI is InChI=1S/C20H20O5S/c1-13(21)23-12-19-18(24-14(2)22)9-10-20(25-19)26-17-8-7-15-5-3-4-6-16(15)11-17/h3-11,18-20H,12H2,1-2H3/t18-,19+,20+/m0/s1. The van der Waals surface area contributed by atoms with Crippen molar-refractivity contribution in [3.05, 3.63) is 54.6 Å². The topological polar surface area (TPSA) is 61.8 Å². The number of carbonyl (C=O) groups is 2. The van der Waals surface area contributed by atoms with Crippen LogP contribution in [0.3, 0.4) is 0 Å². The Morgan fingerprint density at radius 3 is 2.54 bits per heavy atom. The van der Waals surface area contributed by atoms with E-state index in [2.05, 4.69) is 24.3 Å². The van der Waals surface area contributed by atoms with Crippen molar-refractivity contribution in [1.82, 2.24) is 0 Å². The van der Waals surface area contributed by atoms with Crippen LogP contribution in [0.15, 0.2) is 59.5 Å². The lowest BCUT2D eigenvalue weighted by Gasteiger charge is -2.31. The van der Waals surface area contributed by atoms with E-state index >= 15 is 0 Å². The molecule has 26 heavy (non-hydrogen) atoms. The number of hydrogen-bond donors (Lipinski definition) is 0. The zero-order valence-corrected chi connectivity index (χ0v) is 15.4. The van der Waals surface area contributed by atoms with Crippen molar-refractivity contribution in [2.75, 3.05) is 6.61 Å². The molecule has 136 valence electrons. The molecule has 2 aromatic rings. The summed E-state index contributed by atoms with van der Waals surface area (Å²) in [5.74, 6) is -0.805. The predicted octanol–water partition coefficient (Wildman–Crippen LogP) is 3.71. The molecule has 1 heterocycles. The second-order valence-electron chi connectivity index (χ2n) is 5.93. The summed E-state index contributed by atoms with van der Waals surface area (Å²) in [7, 11) is 0. The summed E-state index contributed by atoms with van der Waals surface area (Å²) >= 11 is 1.55. The predicted molar refractivity (Wildman–Crippen MR) is 99.8 cm³/mol. The SMILES string of the molecule is CC(=O)OC[C@H]1O[C@H](Sc2ccc3ccccc3c2)C=C[C@@H]1OC(C)=O. The quantitative estimate of drug-likeness (QED) is 0.589. The average molecular weight is 372 g/mol. The molecular formula is C20H20O5S. The zero-order chi connectivity index (χ0) is 18.5. The molecule has 0 spiro atoms. The molecule has 0 unspecified atom stereocenters. The number of thioether (sulfide) groups is 1. The van der Waals surface area contributed by atoms with Gasteiger partial charge >= 0.3 is 11.9 Å². The maximum atomic E-state index is 11.3. The summed E-state index contributed by atoms with van der Waals surface area (Å²) in [6.07, 6.45) is 2.54. The zero-order valence-electron chi connectivity index (χ0n) is 14.6. The number of esters is 2. The van der Waals surface area contributed by atoms with Crippen LogP contribution in [0.4, 0.5) is 0 Å². The fourth-order valence-corrected chi connectivity index (χ4v) is 3.68. The van der Waals surface area contributed by atoms with Crippen molar-refractivity contribution in [2.24, 2.45) is 0 Å². The van der Waals surface area contributed by atoms with Gasteiger partial charge in [0.15, 0.2) is 0 Å². The van der Waals surface area contributed by atoms with Gasteiger partial charge in [-0.2, -0.15) is 0 Å². The van der Waals surface area contributed by atoms with Crippen molar-refractivity contribution in [3.63, 3.8) is 0 Å². The van der Waals surface area contributed by atoms with Crippen molar-refractivity contribution in [3.8, 4) is 0 Å². The molecule has 0 fully saturated rings. The maximum Gasteiger partial charge on any atom is 0.303 e. The van der Waals surface area contributed by atoms with Crippen molar-refractivity contribution in [2.45, 2.75) is 36.4 Å². The largest absolute Gasteiger partial charge is 0.463 e. The monoisotopic (exact) mass is 372 g/mol. The van der Waals surface area contributed by atoms with E-state index in [0.29, 0.717) is 0 Å². The fraction of sp³-hybridized carbons (Fsp3) is 0.300. The lowest BCUT2D eigenvalue weighted by Crippen LogP contribution is -2.40. The van der Waals surface area contributed by atoms with Gasteiger partial charge in [-0.3, -0.25) is 9.59 Å². The van der Waals surface area contributed by atoms with E-state index in [1.807, 2.05) is 24.3 Å². The summed E-state index contributed by atoms with van der Waals surface area (Å²) in [6, 6.07) is 14.4. The van der Waals surface area contributed by atoms with Gasteiger partial charge in [-0.05, 0) is 35.1 Å². The van der Waals surface area contributed by atoms with Crippen LogP contribution in [0.25, 0.3) is 10.8 Å². The van der Waals surface area contributed by atoms with Crippen LogP contribution in [-0.2, 0) is 23.8 Å². The van der Waals surface area contributed by atoms with E-state index in [1.165, 1.54) is 19.2 Å². The molecule has 3 atom stereocenters. The first kappa shape index (κ1) is 18.5. The number of fused-ring (bicyclic) bond motifs is 1. The first-order valence-corrected chi connectivity index (χ1v) is 9.19. The molecule has 2 aromatic carbocycles. The fourth-order valence-electron chi connectivity index (χ4n) is 2.70. The molecule has 0 saturated heterocycles. The van der Waals surface area contributed by atoms with Crippen LogP contribution < -0.4 is 0 Å². The summed E-state index contributed by atoms with van der Waals surface area (Å²) < 4.78 is 16.3. The van der Waals surface area contributed by atoms with E-state index in [9.17, 15) is 9.59 Å². The Morgan fingerprint density at radius 1 is 1.04 bits per heavy atom. The molecule has 0 N–H and O–H groups in total. The van der Waals surface area contributed by atoms with Gasteiger partial charge in [-0.1, -0.05) is 42.1 Å². The Morgan fingerprint density at radius 2 is 1.81 bits per heavy atom. The number of rotatable bonds is 5. The van der Waals surface area contributed by atoms with Crippen LogP contribution >= 0.6 is 11.8 Å². The first-order chi connectivity index (χ1) is 12.5. The lowest BCUT2D eigenvalue weighted by atomic mass is 10.1. The van der Waals surface area contributed by atoms with Gasteiger partial charge in [-0.15, -0.1) is 0 Å². The van der Waals surface area contributed by atoms with Gasteiger partial charge in [0.25, 0.3) is 0 Å². The van der Waals surface area contributed by atoms with E-state index in [-0.39, 0.29) is 12.0 Å². The molecular weight excluding hydrogens is 352 g/mol. The minimum Gasteiger partial charge on any atom is -0.463 e. The van der Waals surface area contributed by atoms with Crippen LogP contribution in [0.1, 0.15) is 13.8 Å². The van der Waals surface area contributed by atoms with Crippen LogP contribution in [0.2, 0.25) is 0 Å². The summed E-state index contributed by atoms with van der Waals surface area (Å²) in [5, 5.41) is 2.34. The van der Waals surface area contributed by atoms with E-state index in [4.69, 9.17) is 14.2 Å². The van der Waals surface area contributed by atoms with Gasteiger partial charge in [0.1, 0.15) is 24.3 Å². The third kappa shape index (κ3) is 4.86. The van der Waals surface area contributed by atoms with E-state index in [0.717, 1.165) is 10.3 Å². The third-order valence-corrected chi connectivity index (χ3v) is 4.89. The van der Waals surface area contributed by atoms with Crippen molar-refractivity contribution in [1.29, 1.82) is 0 Å². The van der Waals surface area contributed by atoms with Crippen LogP contribution in [-0.4, -0.2) is 36.2 Å². The number of carbonyl (C=O) groups excluding carboxylic acids is 2. The van der Waals surface area contributed by atoms with Gasteiger partial charge in [0, 0.05) is 18.7 Å². The summed E-state index contributed by atoms with van der Waals surface area (Å²) in [4.78, 5) is 23.4. The first-order valence-electron chi connectivity index (χ1n) is 8.31. The summed E-state index contributed by atoms with van der Waals surface area (Å²) in [6.45, 7) is 2.71. The Kier molecular flexibility index (Phi) is 5.96. The van der Waals surface area contributed by atoms with Gasteiger partial charge < -0.3 is 14.2 Å². The number of hydrogen-bond acceptors (Lipinski definition) is 6. The summed E-state index contributed by atoms with van der Waals surface area (Å²) in [5.41, 5.74) is -0.261. The minimum absolute atomic E-state index is 0.0341. The molecule has 0 radical (unpaired) electrons. The molecule has 3 rings (SSSR count). The number of ether oxygens (including phenoxy) is 3. The highest BCUT2D eigenvalue weighted by atomic mass is 32.2. The maximum absolute atomic E-state index is 11.3. The van der Waals surface area contributed by atoms with Crippen molar-refractivity contribution >= 4 is 34.5 Å². The number of benzene rings is 2. The van der Waals surface area contributed by atoms with Crippen LogP contribution in [0.5, 0.6) is 0 Å². The smallest absolute Gasteiger partial charge is 0.303 e. The van der Waals surface area contributed by atoms with Gasteiger partial charge in [0.2, 0.25) is 0 Å². The van der Waals surface area contributed by atoms with Gasteiger partial charge in [-0.25, -0.2) is 0 Å². The molecule has 1 aliphatic heterocycles. The molecule has 6 heteroatoms. The minimum atomic E-state index is -0.569. The Balaban J connectivity index is 1.72. The molecule has 1 aliphatic rings. The van der Waals surface area contributed by atoms with E-state index in [1.54, 1.807) is 17.8 Å². The molecule has 0 amide bonds. The van der Waals surface area contributed by atoms with E-state index < -0.39 is 24.1 Å². The lowest BCUT2D eigenvalue weighted by molar-refractivity contribution is -0.160. The highest BCUT2D eigenvalue weighted by Crippen LogP contribution is 2.32. The van der Waals surface area contributed by atoms with Gasteiger partial charge in [0.05, 0.1) is 0 Å². The highest BCUT2D eigenvalue weighted by Gasteiger charge is 2.31. The van der Waals surface area contributed by atoms with Crippen molar-refractivity contribution < 1.29 is 23.8 Å².